The van der Waals surface area contributed by atoms with E-state index in [1.54, 1.807) is 25.1 Å². The number of hydrogen-bond donors (Lipinski definition) is 5. The quantitative estimate of drug-likeness (QED) is 0.254. The molecule has 0 aliphatic rings. The summed E-state index contributed by atoms with van der Waals surface area (Å²) in [6.45, 7) is 5.90. The molecule has 1 aromatic carbocycles. The highest BCUT2D eigenvalue weighted by Gasteiger charge is 2.19. The summed E-state index contributed by atoms with van der Waals surface area (Å²) >= 11 is 6.06. The Morgan fingerprint density at radius 3 is 2.50 bits per heavy atom. The van der Waals surface area contributed by atoms with Crippen LogP contribution in [0.3, 0.4) is 0 Å². The fourth-order valence-corrected chi connectivity index (χ4v) is 2.60. The molecule has 0 unspecified atom stereocenters. The van der Waals surface area contributed by atoms with Crippen LogP contribution in [0.5, 0.6) is 0 Å². The first-order valence-electron chi connectivity index (χ1n) is 9.69. The van der Waals surface area contributed by atoms with E-state index in [-0.39, 0.29) is 39.2 Å². The smallest absolute Gasteiger partial charge is 0.272 e. The summed E-state index contributed by atoms with van der Waals surface area (Å²) in [4.78, 5) is 29.1. The van der Waals surface area contributed by atoms with Gasteiger partial charge in [0.25, 0.3) is 11.8 Å². The van der Waals surface area contributed by atoms with Crippen LogP contribution in [0.4, 0.5) is 11.5 Å². The summed E-state index contributed by atoms with van der Waals surface area (Å²) in [7, 11) is 1.44. The van der Waals surface area contributed by atoms with Crippen LogP contribution in [0.2, 0.25) is 5.02 Å². The highest BCUT2D eigenvalue weighted by Crippen LogP contribution is 2.25. The second-order valence-electron chi connectivity index (χ2n) is 6.54. The maximum atomic E-state index is 12.9. The average molecular weight is 456 g/mol. The van der Waals surface area contributed by atoms with Crippen LogP contribution in [0.1, 0.15) is 41.8 Å². The molecule has 0 aliphatic carbocycles. The van der Waals surface area contributed by atoms with E-state index < -0.39 is 11.8 Å². The fraction of sp³-hybridized carbons (Fsp3) is 0.227. The van der Waals surface area contributed by atoms with Crippen molar-refractivity contribution in [3.05, 3.63) is 63.9 Å². The largest absolute Gasteiger partial charge is 0.384 e. The third kappa shape index (κ3) is 7.41. The van der Waals surface area contributed by atoms with Gasteiger partial charge in [-0.1, -0.05) is 31.9 Å². The van der Waals surface area contributed by atoms with E-state index in [0.29, 0.717) is 5.56 Å². The molecule has 0 aliphatic heterocycles. The maximum Gasteiger partial charge on any atom is 0.272 e. The zero-order valence-electron chi connectivity index (χ0n) is 18.3. The number of anilines is 2. The number of nitriles is 1. The summed E-state index contributed by atoms with van der Waals surface area (Å²) in [6.07, 6.45) is 3.82. The predicted octanol–water partition coefficient (Wildman–Crippen LogP) is 3.56. The van der Waals surface area contributed by atoms with Crippen LogP contribution in [0, 0.1) is 23.7 Å². The second kappa shape index (κ2) is 12.7. The Morgan fingerprint density at radius 2 is 1.97 bits per heavy atom. The Hall–Kier alpha value is -3.90. The Bertz CT molecular complexity index is 1070. The van der Waals surface area contributed by atoms with Crippen molar-refractivity contribution in [2.45, 2.75) is 27.2 Å². The minimum Gasteiger partial charge on any atom is -0.384 e. The lowest BCUT2D eigenvalue weighted by molar-refractivity contribution is -0.112. The van der Waals surface area contributed by atoms with Gasteiger partial charge in [-0.25, -0.2) is 4.98 Å². The molecule has 10 heteroatoms. The van der Waals surface area contributed by atoms with Crippen LogP contribution in [-0.2, 0) is 4.79 Å². The molecule has 0 spiro atoms. The second-order valence-corrected chi connectivity index (χ2v) is 6.95. The van der Waals surface area contributed by atoms with Gasteiger partial charge in [-0.3, -0.25) is 15.0 Å². The van der Waals surface area contributed by atoms with E-state index >= 15 is 0 Å². The van der Waals surface area contributed by atoms with Crippen molar-refractivity contribution in [2.75, 3.05) is 17.7 Å². The molecular formula is C22H26ClN7O2. The minimum atomic E-state index is -0.681. The lowest BCUT2D eigenvalue weighted by atomic mass is 10.0. The summed E-state index contributed by atoms with van der Waals surface area (Å²) in [5.41, 5.74) is 6.43. The first kappa shape index (κ1) is 26.1. The molecule has 0 bridgehead atoms. The predicted molar refractivity (Wildman–Crippen MR) is 127 cm³/mol. The Kier molecular flexibility index (Phi) is 10.4. The fourth-order valence-electron chi connectivity index (χ4n) is 2.43. The molecule has 6 N–H and O–H groups in total. The molecule has 0 saturated heterocycles. The molecule has 1 heterocycles. The van der Waals surface area contributed by atoms with Crippen LogP contribution in [-0.4, -0.2) is 29.7 Å². The monoisotopic (exact) mass is 455 g/mol. The molecule has 9 nitrogen and oxygen atoms in total. The highest BCUT2D eigenvalue weighted by atomic mass is 35.5. The summed E-state index contributed by atoms with van der Waals surface area (Å²) < 4.78 is 0. The number of rotatable bonds is 6. The Balaban J connectivity index is 0.00000161. The number of hydrogen-bond acceptors (Lipinski definition) is 6. The highest BCUT2D eigenvalue weighted by molar-refractivity contribution is 6.33. The van der Waals surface area contributed by atoms with Crippen molar-refractivity contribution in [2.24, 2.45) is 5.73 Å². The molecule has 2 rings (SSSR count). The number of aromatic nitrogens is 1. The van der Waals surface area contributed by atoms with Crippen molar-refractivity contribution in [3.63, 3.8) is 0 Å². The van der Waals surface area contributed by atoms with Gasteiger partial charge < -0.3 is 21.7 Å². The van der Waals surface area contributed by atoms with E-state index in [9.17, 15) is 9.59 Å². The summed E-state index contributed by atoms with van der Waals surface area (Å²) in [5, 5.41) is 24.7. The van der Waals surface area contributed by atoms with Gasteiger partial charge in [0.05, 0.1) is 27.9 Å². The zero-order valence-corrected chi connectivity index (χ0v) is 19.1. The number of nitrogens with two attached hydrogens (primary N) is 1. The molecule has 0 atom stereocenters. The zero-order chi connectivity index (χ0) is 24.3. The molecule has 168 valence electrons. The van der Waals surface area contributed by atoms with E-state index in [0.717, 1.165) is 6.08 Å². The van der Waals surface area contributed by atoms with Crippen LogP contribution >= 0.6 is 11.6 Å². The van der Waals surface area contributed by atoms with Gasteiger partial charge in [-0.05, 0) is 36.8 Å². The molecule has 0 radical (unpaired) electrons. The number of amides is 2. The molecule has 0 fully saturated rings. The number of aryl methyl sites for hydroxylation is 1. The standard InChI is InChI=1S/C19H18ClN7O2.C3H8/c1-10-6-11(9-21)7-12(18(28)24-2)16(10)27-19(29)14(8-15(22)23)26-17-13(20)4-3-5-25-17;1-3-2/h3-8H,1-2H3,(H3,22,23)(H,24,28)(H,25,26)(H,27,29);3H2,1-2H3/b14-8-;. The Morgan fingerprint density at radius 1 is 1.31 bits per heavy atom. The van der Waals surface area contributed by atoms with Crippen LogP contribution in [0.15, 0.2) is 42.2 Å². The number of carbonyl (C=O) groups excluding carboxylic acids is 2. The maximum absolute atomic E-state index is 12.9. The van der Waals surface area contributed by atoms with Gasteiger partial charge in [0.2, 0.25) is 0 Å². The van der Waals surface area contributed by atoms with Crippen molar-refractivity contribution >= 4 is 40.8 Å². The Labute approximate surface area is 192 Å². The molecule has 2 amide bonds. The summed E-state index contributed by atoms with van der Waals surface area (Å²) in [5.74, 6) is -1.34. The molecule has 1 aromatic heterocycles. The van der Waals surface area contributed by atoms with Crippen molar-refractivity contribution < 1.29 is 9.59 Å². The molecule has 0 saturated carbocycles. The van der Waals surface area contributed by atoms with Gasteiger partial charge in [-0.2, -0.15) is 5.26 Å². The minimum absolute atomic E-state index is 0.107. The van der Waals surface area contributed by atoms with E-state index in [1.807, 2.05) is 6.07 Å². The molecular weight excluding hydrogens is 430 g/mol. The van der Waals surface area contributed by atoms with Crippen molar-refractivity contribution in [1.82, 2.24) is 10.3 Å². The van der Waals surface area contributed by atoms with Gasteiger partial charge in [0, 0.05) is 19.3 Å². The first-order valence-corrected chi connectivity index (χ1v) is 10.1. The number of halogens is 1. The van der Waals surface area contributed by atoms with Crippen LogP contribution < -0.4 is 21.7 Å². The molecule has 32 heavy (non-hydrogen) atoms. The van der Waals surface area contributed by atoms with Gasteiger partial charge in [-0.15, -0.1) is 0 Å². The SMILES string of the molecule is CCC.CNC(=O)c1cc(C#N)cc(C)c1NC(=O)/C(=C/C(=N)N)Nc1ncccc1Cl. The number of benzene rings is 1. The normalized spacial score (nSPS) is 10.2. The van der Waals surface area contributed by atoms with Crippen molar-refractivity contribution in [1.29, 1.82) is 10.7 Å². The average Bonchev–Trinajstić information content (AvgIpc) is 2.75. The molecule has 2 aromatic rings. The third-order valence-electron chi connectivity index (χ3n) is 3.73. The van der Waals surface area contributed by atoms with Gasteiger partial charge in [0.1, 0.15) is 17.4 Å². The van der Waals surface area contributed by atoms with E-state index in [2.05, 4.69) is 34.8 Å². The topological polar surface area (TPSA) is 157 Å². The number of amidine groups is 1. The summed E-state index contributed by atoms with van der Waals surface area (Å²) in [6, 6.07) is 8.09. The lowest BCUT2D eigenvalue weighted by Gasteiger charge is -2.16. The van der Waals surface area contributed by atoms with Gasteiger partial charge in [0.15, 0.2) is 0 Å². The first-order chi connectivity index (χ1) is 15.2. The van der Waals surface area contributed by atoms with Crippen molar-refractivity contribution in [3.8, 4) is 6.07 Å². The van der Waals surface area contributed by atoms with E-state index in [1.165, 1.54) is 25.7 Å². The number of nitrogens with zero attached hydrogens (tertiary/aromatic N) is 2. The number of nitrogens with one attached hydrogen (secondary N) is 4. The third-order valence-corrected chi connectivity index (χ3v) is 4.04. The van der Waals surface area contributed by atoms with Gasteiger partial charge >= 0.3 is 0 Å². The van der Waals surface area contributed by atoms with E-state index in [4.69, 9.17) is 28.0 Å². The lowest BCUT2D eigenvalue weighted by Crippen LogP contribution is -2.26. The van der Waals surface area contributed by atoms with Crippen LogP contribution in [0.25, 0.3) is 0 Å². The number of pyridine rings is 1. The number of carbonyl (C=O) groups is 2.